The predicted octanol–water partition coefficient (Wildman–Crippen LogP) is 1.58. The standard InChI is InChI=1S/C17H27N3O3/c1-13-4-5-14(2)16(15(13)3)23-12-19-17(21)18-6-7-20-8-10-22-11-9-20/h4-5H,6-12H2,1-3H3,(H2,18,19,21). The third-order valence-corrected chi connectivity index (χ3v) is 4.14. The molecule has 1 aromatic rings. The van der Waals surface area contributed by atoms with E-state index in [4.69, 9.17) is 9.47 Å². The van der Waals surface area contributed by atoms with E-state index in [1.165, 1.54) is 5.56 Å². The molecule has 2 amide bonds. The van der Waals surface area contributed by atoms with Gasteiger partial charge in [0, 0.05) is 26.2 Å². The highest BCUT2D eigenvalue weighted by Gasteiger charge is 2.10. The van der Waals surface area contributed by atoms with Crippen LogP contribution in [0.2, 0.25) is 0 Å². The highest BCUT2D eigenvalue weighted by molar-refractivity contribution is 5.73. The molecule has 6 nitrogen and oxygen atoms in total. The normalized spacial score (nSPS) is 15.3. The van der Waals surface area contributed by atoms with Gasteiger partial charge in [0.1, 0.15) is 5.75 Å². The molecule has 0 atom stereocenters. The summed E-state index contributed by atoms with van der Waals surface area (Å²) in [7, 11) is 0. The number of urea groups is 1. The van der Waals surface area contributed by atoms with Crippen molar-refractivity contribution in [3.05, 3.63) is 28.8 Å². The fourth-order valence-corrected chi connectivity index (χ4v) is 2.54. The third-order valence-electron chi connectivity index (χ3n) is 4.14. The van der Waals surface area contributed by atoms with Gasteiger partial charge in [0.25, 0.3) is 0 Å². The first-order valence-electron chi connectivity index (χ1n) is 8.09. The molecule has 1 aliphatic rings. The van der Waals surface area contributed by atoms with Crippen LogP contribution in [-0.2, 0) is 4.74 Å². The quantitative estimate of drug-likeness (QED) is 0.781. The van der Waals surface area contributed by atoms with Crippen LogP contribution in [0.1, 0.15) is 16.7 Å². The van der Waals surface area contributed by atoms with Gasteiger partial charge >= 0.3 is 6.03 Å². The van der Waals surface area contributed by atoms with Gasteiger partial charge in [-0.15, -0.1) is 0 Å². The number of morpholine rings is 1. The summed E-state index contributed by atoms with van der Waals surface area (Å²) < 4.78 is 11.0. The summed E-state index contributed by atoms with van der Waals surface area (Å²) in [6.07, 6.45) is 0. The minimum atomic E-state index is -0.207. The number of rotatable bonds is 6. The van der Waals surface area contributed by atoms with Gasteiger partial charge in [0.15, 0.2) is 6.73 Å². The average molecular weight is 321 g/mol. The Bertz CT molecular complexity index is 528. The van der Waals surface area contributed by atoms with Crippen molar-refractivity contribution in [3.8, 4) is 5.75 Å². The smallest absolute Gasteiger partial charge is 0.317 e. The number of carbonyl (C=O) groups excluding carboxylic acids is 1. The molecular weight excluding hydrogens is 294 g/mol. The molecule has 1 saturated heterocycles. The van der Waals surface area contributed by atoms with Gasteiger partial charge in [-0.2, -0.15) is 0 Å². The fraction of sp³-hybridized carbons (Fsp3) is 0.588. The van der Waals surface area contributed by atoms with Gasteiger partial charge in [-0.05, 0) is 37.5 Å². The van der Waals surface area contributed by atoms with Crippen LogP contribution in [0.25, 0.3) is 0 Å². The topological polar surface area (TPSA) is 62.8 Å². The Labute approximate surface area is 138 Å². The van der Waals surface area contributed by atoms with Crippen LogP contribution in [0.4, 0.5) is 4.79 Å². The molecule has 2 N–H and O–H groups in total. The molecule has 0 spiro atoms. The molecule has 0 saturated carbocycles. The molecule has 128 valence electrons. The van der Waals surface area contributed by atoms with Crippen molar-refractivity contribution in [3.63, 3.8) is 0 Å². The lowest BCUT2D eigenvalue weighted by atomic mass is 10.1. The molecule has 1 heterocycles. The fourth-order valence-electron chi connectivity index (χ4n) is 2.54. The van der Waals surface area contributed by atoms with Crippen LogP contribution in [-0.4, -0.2) is 57.1 Å². The molecule has 1 aliphatic heterocycles. The Balaban J connectivity index is 1.66. The van der Waals surface area contributed by atoms with Crippen molar-refractivity contribution in [1.29, 1.82) is 0 Å². The van der Waals surface area contributed by atoms with E-state index >= 15 is 0 Å². The second-order valence-corrected chi connectivity index (χ2v) is 5.83. The van der Waals surface area contributed by atoms with Crippen LogP contribution in [0.15, 0.2) is 12.1 Å². The van der Waals surface area contributed by atoms with E-state index in [1.807, 2.05) is 26.8 Å². The third kappa shape index (κ3) is 5.41. The number of nitrogens with one attached hydrogen (secondary N) is 2. The first-order chi connectivity index (χ1) is 11.1. The van der Waals surface area contributed by atoms with Gasteiger partial charge in [0.05, 0.1) is 13.2 Å². The van der Waals surface area contributed by atoms with E-state index in [-0.39, 0.29) is 12.8 Å². The Hall–Kier alpha value is -1.79. The van der Waals surface area contributed by atoms with Gasteiger partial charge in [-0.1, -0.05) is 12.1 Å². The predicted molar refractivity (Wildman–Crippen MR) is 89.9 cm³/mol. The van der Waals surface area contributed by atoms with Gasteiger partial charge in [0.2, 0.25) is 0 Å². The number of aryl methyl sites for hydroxylation is 2. The van der Waals surface area contributed by atoms with Crippen molar-refractivity contribution in [1.82, 2.24) is 15.5 Å². The summed E-state index contributed by atoms with van der Waals surface area (Å²) in [4.78, 5) is 14.0. The molecule has 0 radical (unpaired) electrons. The molecule has 2 rings (SSSR count). The molecular formula is C17H27N3O3. The summed E-state index contributed by atoms with van der Waals surface area (Å²) in [5.74, 6) is 0.846. The lowest BCUT2D eigenvalue weighted by Crippen LogP contribution is -2.44. The Kier molecular flexibility index (Phi) is 6.67. The van der Waals surface area contributed by atoms with E-state index in [2.05, 4.69) is 21.6 Å². The number of nitrogens with zero attached hydrogens (tertiary/aromatic N) is 1. The lowest BCUT2D eigenvalue weighted by molar-refractivity contribution is 0.0387. The van der Waals surface area contributed by atoms with Gasteiger partial charge in [-0.25, -0.2) is 4.79 Å². The summed E-state index contributed by atoms with van der Waals surface area (Å²) in [6, 6.07) is 3.89. The molecule has 1 fully saturated rings. The van der Waals surface area contributed by atoms with Crippen LogP contribution in [0.5, 0.6) is 5.75 Å². The zero-order chi connectivity index (χ0) is 16.7. The maximum Gasteiger partial charge on any atom is 0.317 e. The first kappa shape index (κ1) is 17.6. The second-order valence-electron chi connectivity index (χ2n) is 5.83. The maximum absolute atomic E-state index is 11.8. The van der Waals surface area contributed by atoms with E-state index in [0.717, 1.165) is 49.7 Å². The van der Waals surface area contributed by atoms with Crippen molar-refractivity contribution in [2.24, 2.45) is 0 Å². The van der Waals surface area contributed by atoms with Crippen molar-refractivity contribution in [2.75, 3.05) is 46.1 Å². The highest BCUT2D eigenvalue weighted by Crippen LogP contribution is 2.25. The molecule has 6 heteroatoms. The SMILES string of the molecule is Cc1ccc(C)c(OCNC(=O)NCCN2CCOCC2)c1C. The highest BCUT2D eigenvalue weighted by atomic mass is 16.5. The van der Waals surface area contributed by atoms with Crippen molar-refractivity contribution < 1.29 is 14.3 Å². The minimum Gasteiger partial charge on any atom is -0.473 e. The van der Waals surface area contributed by atoms with E-state index in [0.29, 0.717) is 6.54 Å². The maximum atomic E-state index is 11.8. The number of benzene rings is 1. The number of hydrogen-bond acceptors (Lipinski definition) is 4. The molecule has 23 heavy (non-hydrogen) atoms. The zero-order valence-corrected chi connectivity index (χ0v) is 14.3. The molecule has 0 aromatic heterocycles. The number of ether oxygens (including phenoxy) is 2. The monoisotopic (exact) mass is 321 g/mol. The van der Waals surface area contributed by atoms with E-state index < -0.39 is 0 Å². The number of carbonyl (C=O) groups is 1. The minimum absolute atomic E-state index is 0.161. The van der Waals surface area contributed by atoms with Crippen LogP contribution >= 0.6 is 0 Å². The Morgan fingerprint density at radius 1 is 1.17 bits per heavy atom. The molecule has 0 bridgehead atoms. The van der Waals surface area contributed by atoms with Crippen LogP contribution in [0, 0.1) is 20.8 Å². The van der Waals surface area contributed by atoms with Crippen molar-refractivity contribution >= 4 is 6.03 Å². The summed E-state index contributed by atoms with van der Waals surface area (Å²) in [5.41, 5.74) is 3.36. The van der Waals surface area contributed by atoms with E-state index in [9.17, 15) is 4.79 Å². The molecule has 0 unspecified atom stereocenters. The molecule has 0 aliphatic carbocycles. The number of hydrogen-bond donors (Lipinski definition) is 2. The second kappa shape index (κ2) is 8.74. The zero-order valence-electron chi connectivity index (χ0n) is 14.3. The van der Waals surface area contributed by atoms with Gasteiger partial charge in [-0.3, -0.25) is 4.90 Å². The Morgan fingerprint density at radius 3 is 2.61 bits per heavy atom. The number of amides is 2. The summed E-state index contributed by atoms with van der Waals surface area (Å²) >= 11 is 0. The molecule has 1 aromatic carbocycles. The van der Waals surface area contributed by atoms with E-state index in [1.54, 1.807) is 0 Å². The summed E-state index contributed by atoms with van der Waals surface area (Å²) in [5, 5.41) is 5.57. The van der Waals surface area contributed by atoms with Crippen LogP contribution in [0.3, 0.4) is 0 Å². The lowest BCUT2D eigenvalue weighted by Gasteiger charge is -2.26. The Morgan fingerprint density at radius 2 is 1.87 bits per heavy atom. The largest absolute Gasteiger partial charge is 0.473 e. The summed E-state index contributed by atoms with van der Waals surface area (Å²) in [6.45, 7) is 11.1. The van der Waals surface area contributed by atoms with Crippen molar-refractivity contribution in [2.45, 2.75) is 20.8 Å². The van der Waals surface area contributed by atoms with Gasteiger partial charge < -0.3 is 20.1 Å². The first-order valence-corrected chi connectivity index (χ1v) is 8.09. The average Bonchev–Trinajstić information content (AvgIpc) is 2.55. The van der Waals surface area contributed by atoms with Crippen LogP contribution < -0.4 is 15.4 Å².